The van der Waals surface area contributed by atoms with Crippen molar-refractivity contribution < 1.29 is 37.0 Å². The number of ether oxygens (including phenoxy) is 3. The fourth-order valence-corrected chi connectivity index (χ4v) is 3.27. The molecule has 1 saturated heterocycles. The molecule has 2 aromatic carbocycles. The number of nitrogens with zero attached hydrogens (tertiary/aromatic N) is 1. The maximum Gasteiger partial charge on any atom is 0.416 e. The summed E-state index contributed by atoms with van der Waals surface area (Å²) in [5.41, 5.74) is 0.346. The highest BCUT2D eigenvalue weighted by molar-refractivity contribution is 5.98. The Morgan fingerprint density at radius 3 is 2.52 bits per heavy atom. The Morgan fingerprint density at radius 2 is 1.85 bits per heavy atom. The highest BCUT2D eigenvalue weighted by Gasteiger charge is 2.32. The first-order valence-corrected chi connectivity index (χ1v) is 10.4. The molecule has 1 atom stereocenters. The Bertz CT molecular complexity index is 990. The molecule has 0 saturated carbocycles. The van der Waals surface area contributed by atoms with Gasteiger partial charge in [0.1, 0.15) is 5.75 Å². The first-order valence-electron chi connectivity index (χ1n) is 10.4. The van der Waals surface area contributed by atoms with Gasteiger partial charge in [0, 0.05) is 13.1 Å². The maximum absolute atomic E-state index is 13.2. The van der Waals surface area contributed by atoms with Gasteiger partial charge in [-0.05, 0) is 43.7 Å². The standard InChI is InChI=1S/C23H25F3N2O5/c1-15-5-3-4-6-20(15)32-14-21(29)33-16(2)22(30)27-18-13-17(23(24,25)26)7-8-19(18)28-9-11-31-12-10-28/h3-8,13,16H,9-12,14H2,1-2H3,(H,27,30). The van der Waals surface area contributed by atoms with Crippen molar-refractivity contribution in [1.29, 1.82) is 0 Å². The zero-order valence-corrected chi connectivity index (χ0v) is 18.3. The summed E-state index contributed by atoms with van der Waals surface area (Å²) in [7, 11) is 0. The number of hydrogen-bond acceptors (Lipinski definition) is 6. The van der Waals surface area contributed by atoms with Crippen LogP contribution >= 0.6 is 0 Å². The minimum atomic E-state index is -4.58. The summed E-state index contributed by atoms with van der Waals surface area (Å²) >= 11 is 0. The predicted molar refractivity (Wildman–Crippen MR) is 115 cm³/mol. The van der Waals surface area contributed by atoms with Gasteiger partial charge >= 0.3 is 12.1 Å². The zero-order valence-electron chi connectivity index (χ0n) is 18.3. The third kappa shape index (κ3) is 6.61. The lowest BCUT2D eigenvalue weighted by molar-refractivity contribution is -0.155. The quantitative estimate of drug-likeness (QED) is 0.626. The molecule has 7 nitrogen and oxygen atoms in total. The van der Waals surface area contributed by atoms with Gasteiger partial charge in [0.15, 0.2) is 12.7 Å². The van der Waals surface area contributed by atoms with E-state index in [1.807, 2.05) is 24.0 Å². The molecule has 0 radical (unpaired) electrons. The number of aryl methyl sites for hydroxylation is 1. The highest BCUT2D eigenvalue weighted by Crippen LogP contribution is 2.36. The van der Waals surface area contributed by atoms with Crippen molar-refractivity contribution in [2.24, 2.45) is 0 Å². The summed E-state index contributed by atoms with van der Waals surface area (Å²) < 4.78 is 55.5. The summed E-state index contributed by atoms with van der Waals surface area (Å²) in [4.78, 5) is 26.5. The van der Waals surface area contributed by atoms with Crippen molar-refractivity contribution in [2.75, 3.05) is 43.1 Å². The summed E-state index contributed by atoms with van der Waals surface area (Å²) in [5, 5.41) is 2.47. The molecule has 1 N–H and O–H groups in total. The van der Waals surface area contributed by atoms with Crippen molar-refractivity contribution in [3.8, 4) is 5.75 Å². The first-order chi connectivity index (χ1) is 15.6. The van der Waals surface area contributed by atoms with E-state index >= 15 is 0 Å². The number of morpholine rings is 1. The van der Waals surface area contributed by atoms with Crippen molar-refractivity contribution in [1.82, 2.24) is 0 Å². The molecule has 178 valence electrons. The van der Waals surface area contributed by atoms with Gasteiger partial charge in [0.05, 0.1) is 30.2 Å². The van der Waals surface area contributed by atoms with Crippen LogP contribution in [-0.2, 0) is 25.2 Å². The molecule has 10 heteroatoms. The van der Waals surface area contributed by atoms with Crippen molar-refractivity contribution in [3.63, 3.8) is 0 Å². The van der Waals surface area contributed by atoms with Crippen molar-refractivity contribution in [3.05, 3.63) is 53.6 Å². The fourth-order valence-electron chi connectivity index (χ4n) is 3.27. The summed E-state index contributed by atoms with van der Waals surface area (Å²) in [5.74, 6) is -1.03. The molecule has 1 fully saturated rings. The second-order valence-electron chi connectivity index (χ2n) is 7.50. The van der Waals surface area contributed by atoms with Gasteiger partial charge in [-0.3, -0.25) is 4.79 Å². The van der Waals surface area contributed by atoms with Crippen LogP contribution in [0.25, 0.3) is 0 Å². The monoisotopic (exact) mass is 466 g/mol. The van der Waals surface area contributed by atoms with Crippen LogP contribution in [0.5, 0.6) is 5.75 Å². The topological polar surface area (TPSA) is 77.1 Å². The van der Waals surface area contributed by atoms with Crippen LogP contribution in [0, 0.1) is 6.92 Å². The second-order valence-corrected chi connectivity index (χ2v) is 7.50. The number of alkyl halides is 3. The SMILES string of the molecule is Cc1ccccc1OCC(=O)OC(C)C(=O)Nc1cc(C(F)(F)F)ccc1N1CCOCC1. The highest BCUT2D eigenvalue weighted by atomic mass is 19.4. The van der Waals surface area contributed by atoms with E-state index in [-0.39, 0.29) is 5.69 Å². The molecule has 1 unspecified atom stereocenters. The number of halogens is 3. The summed E-state index contributed by atoms with van der Waals surface area (Å²) in [6.45, 7) is 4.52. The summed E-state index contributed by atoms with van der Waals surface area (Å²) in [6, 6.07) is 10.2. The minimum Gasteiger partial charge on any atom is -0.482 e. The number of carbonyl (C=O) groups excluding carboxylic acids is 2. The van der Waals surface area contributed by atoms with Crippen molar-refractivity contribution >= 4 is 23.3 Å². The number of hydrogen-bond donors (Lipinski definition) is 1. The average Bonchev–Trinajstić information content (AvgIpc) is 2.78. The van der Waals surface area contributed by atoms with E-state index in [4.69, 9.17) is 14.2 Å². The number of esters is 1. The van der Waals surface area contributed by atoms with E-state index in [1.54, 1.807) is 12.1 Å². The van der Waals surface area contributed by atoms with Crippen molar-refractivity contribution in [2.45, 2.75) is 26.1 Å². The lowest BCUT2D eigenvalue weighted by atomic mass is 10.1. The molecule has 2 aromatic rings. The van der Waals surface area contributed by atoms with Gasteiger partial charge in [0.25, 0.3) is 5.91 Å². The zero-order chi connectivity index (χ0) is 24.0. The van der Waals surface area contributed by atoms with Gasteiger partial charge in [-0.2, -0.15) is 13.2 Å². The third-order valence-electron chi connectivity index (χ3n) is 5.05. The molecule has 3 rings (SSSR count). The number of nitrogens with one attached hydrogen (secondary N) is 1. The molecule has 1 aliphatic heterocycles. The van der Waals surface area contributed by atoms with Crippen LogP contribution in [0.15, 0.2) is 42.5 Å². The molecule has 33 heavy (non-hydrogen) atoms. The van der Waals surface area contributed by atoms with Gasteiger partial charge in [-0.15, -0.1) is 0 Å². The van der Waals surface area contributed by atoms with E-state index in [1.165, 1.54) is 13.0 Å². The van der Waals surface area contributed by atoms with E-state index in [0.29, 0.717) is 37.7 Å². The number of carbonyl (C=O) groups is 2. The molecule has 0 aliphatic carbocycles. The third-order valence-corrected chi connectivity index (χ3v) is 5.05. The molecule has 0 spiro atoms. The van der Waals surface area contributed by atoms with Crippen LogP contribution in [-0.4, -0.2) is 50.9 Å². The fraction of sp³-hybridized carbons (Fsp3) is 0.391. The van der Waals surface area contributed by atoms with Gasteiger partial charge in [-0.1, -0.05) is 18.2 Å². The lowest BCUT2D eigenvalue weighted by Crippen LogP contribution is -2.37. The summed E-state index contributed by atoms with van der Waals surface area (Å²) in [6.07, 6.45) is -5.82. The molecule has 1 heterocycles. The molecule has 1 aliphatic rings. The Labute approximate surface area is 189 Å². The average molecular weight is 466 g/mol. The van der Waals surface area contributed by atoms with Gasteiger partial charge < -0.3 is 24.4 Å². The van der Waals surface area contributed by atoms with Crippen LogP contribution in [0.3, 0.4) is 0 Å². The Balaban J connectivity index is 1.67. The molecular formula is C23H25F3N2O5. The number of para-hydroxylation sites is 1. The lowest BCUT2D eigenvalue weighted by Gasteiger charge is -2.31. The predicted octanol–water partition coefficient (Wildman–Crippen LogP) is 3.80. The Kier molecular flexibility index (Phi) is 7.80. The van der Waals surface area contributed by atoms with E-state index in [9.17, 15) is 22.8 Å². The van der Waals surface area contributed by atoms with Gasteiger partial charge in [-0.25, -0.2) is 4.79 Å². The minimum absolute atomic E-state index is 0.0178. The Hall–Kier alpha value is -3.27. The van der Waals surface area contributed by atoms with E-state index < -0.39 is 36.3 Å². The van der Waals surface area contributed by atoms with Crippen LogP contribution < -0.4 is 15.0 Å². The van der Waals surface area contributed by atoms with Crippen LogP contribution in [0.1, 0.15) is 18.1 Å². The molecule has 0 bridgehead atoms. The number of rotatable bonds is 7. The molecular weight excluding hydrogens is 441 g/mol. The smallest absolute Gasteiger partial charge is 0.416 e. The molecule has 1 amide bonds. The second kappa shape index (κ2) is 10.6. The number of benzene rings is 2. The van der Waals surface area contributed by atoms with E-state index in [2.05, 4.69) is 5.32 Å². The Morgan fingerprint density at radius 1 is 1.15 bits per heavy atom. The molecule has 0 aromatic heterocycles. The first kappa shape index (κ1) is 24.4. The number of amides is 1. The largest absolute Gasteiger partial charge is 0.482 e. The van der Waals surface area contributed by atoms with Gasteiger partial charge in [0.2, 0.25) is 0 Å². The van der Waals surface area contributed by atoms with E-state index in [0.717, 1.165) is 17.7 Å². The van der Waals surface area contributed by atoms with Crippen LogP contribution in [0.4, 0.5) is 24.5 Å². The van der Waals surface area contributed by atoms with Crippen LogP contribution in [0.2, 0.25) is 0 Å². The number of anilines is 2. The normalized spacial score (nSPS) is 15.0. The maximum atomic E-state index is 13.2.